The van der Waals surface area contributed by atoms with E-state index in [0.29, 0.717) is 4.88 Å². The van der Waals surface area contributed by atoms with Crippen molar-refractivity contribution in [2.45, 2.75) is 38.6 Å². The molecule has 1 aliphatic rings. The van der Waals surface area contributed by atoms with Gasteiger partial charge in [0.25, 0.3) is 5.91 Å². The van der Waals surface area contributed by atoms with Crippen LogP contribution < -0.4 is 15.5 Å². The quantitative estimate of drug-likeness (QED) is 0.530. The summed E-state index contributed by atoms with van der Waals surface area (Å²) >= 11 is 1.49. The Bertz CT molecular complexity index is 943. The van der Waals surface area contributed by atoms with E-state index < -0.39 is 0 Å². The van der Waals surface area contributed by atoms with Crippen molar-refractivity contribution in [3.63, 3.8) is 0 Å². The van der Waals surface area contributed by atoms with E-state index in [4.69, 9.17) is 0 Å². The maximum atomic E-state index is 12.9. The normalized spacial score (nSPS) is 15.6. The van der Waals surface area contributed by atoms with Gasteiger partial charge < -0.3 is 20.5 Å². The van der Waals surface area contributed by atoms with Gasteiger partial charge in [-0.2, -0.15) is 0 Å². The molecule has 3 heterocycles. The molecule has 1 amide bonds. The smallest absolute Gasteiger partial charge is 0.263 e. The number of H-pyrrole nitrogens is 1. The lowest BCUT2D eigenvalue weighted by molar-refractivity contribution is 0.0938. The number of anilines is 1. The second-order valence-corrected chi connectivity index (χ2v) is 8.63. The number of hydrogen-bond acceptors (Lipinski definition) is 5. The lowest BCUT2D eigenvalue weighted by Gasteiger charge is -2.26. The predicted octanol–water partition coefficient (Wildman–Crippen LogP) is 3.57. The molecule has 1 saturated heterocycles. The Labute approximate surface area is 175 Å². The lowest BCUT2D eigenvalue weighted by atomic mass is 10.0. The number of carbonyl (C=O) groups is 1. The number of carbonyl (C=O) groups excluding carboxylic acids is 1. The Morgan fingerprint density at radius 3 is 2.97 bits per heavy atom. The minimum absolute atomic E-state index is 0.00942. The molecule has 1 aliphatic heterocycles. The number of nitrogens with one attached hydrogen (secondary N) is 3. The highest BCUT2D eigenvalue weighted by Crippen LogP contribution is 2.24. The summed E-state index contributed by atoms with van der Waals surface area (Å²) in [5.41, 5.74) is 2.40. The number of amides is 1. The molecule has 6 nitrogen and oxygen atoms in total. The molecule has 4 rings (SSSR count). The van der Waals surface area contributed by atoms with E-state index in [9.17, 15) is 4.79 Å². The Balaban J connectivity index is 1.44. The Hall–Kier alpha value is -2.38. The van der Waals surface area contributed by atoms with E-state index >= 15 is 0 Å². The van der Waals surface area contributed by atoms with E-state index in [1.54, 1.807) is 6.20 Å². The van der Waals surface area contributed by atoms with Crippen molar-refractivity contribution in [2.75, 3.05) is 31.1 Å². The van der Waals surface area contributed by atoms with Crippen LogP contribution in [0.15, 0.2) is 36.7 Å². The Kier molecular flexibility index (Phi) is 6.46. The molecule has 0 spiro atoms. The third-order valence-corrected chi connectivity index (χ3v) is 6.54. The first-order valence-electron chi connectivity index (χ1n) is 10.5. The first-order chi connectivity index (χ1) is 14.2. The molecule has 7 heteroatoms. The summed E-state index contributed by atoms with van der Waals surface area (Å²) in [6, 6.07) is 8.45. The minimum atomic E-state index is -0.00942. The van der Waals surface area contributed by atoms with Crippen LogP contribution in [0.4, 0.5) is 5.13 Å². The van der Waals surface area contributed by atoms with Gasteiger partial charge in [0.05, 0.1) is 6.20 Å². The highest BCUT2D eigenvalue weighted by molar-refractivity contribution is 7.17. The first kappa shape index (κ1) is 19.9. The van der Waals surface area contributed by atoms with Crippen molar-refractivity contribution in [1.82, 2.24) is 20.6 Å². The number of thiazole rings is 1. The van der Waals surface area contributed by atoms with Crippen molar-refractivity contribution in [3.8, 4) is 0 Å². The fraction of sp³-hybridized carbons (Fsp3) is 0.455. The van der Waals surface area contributed by atoms with E-state index in [1.807, 2.05) is 6.07 Å². The van der Waals surface area contributed by atoms with Crippen LogP contribution in [0, 0.1) is 0 Å². The summed E-state index contributed by atoms with van der Waals surface area (Å²) in [7, 11) is 0. The summed E-state index contributed by atoms with van der Waals surface area (Å²) < 4.78 is 0. The van der Waals surface area contributed by atoms with Crippen LogP contribution in [0.3, 0.4) is 0 Å². The summed E-state index contributed by atoms with van der Waals surface area (Å²) in [6.45, 7) is 5.99. The number of unbranched alkanes of at least 4 members (excludes halogenated alkanes) is 1. The highest BCUT2D eigenvalue weighted by atomic mass is 32.1. The molecule has 0 saturated carbocycles. The standard InChI is InChI=1S/C22H29N5OS/c1-2-3-6-17(13-16-14-24-19-8-5-4-7-18(16)19)26-21(28)20-15-25-22(29-20)27-11-9-23-10-12-27/h4-5,7-8,14-15,17,23-24H,2-3,6,9-13H2,1H3,(H,26,28)/t17-/m1/s1. The van der Waals surface area contributed by atoms with Crippen LogP contribution in [-0.2, 0) is 6.42 Å². The Morgan fingerprint density at radius 2 is 2.14 bits per heavy atom. The number of fused-ring (bicyclic) bond motifs is 1. The van der Waals surface area contributed by atoms with Crippen LogP contribution in [0.5, 0.6) is 0 Å². The molecule has 3 N–H and O–H groups in total. The second kappa shape index (κ2) is 9.41. The number of nitrogens with zero attached hydrogens (tertiary/aromatic N) is 2. The molecule has 1 aromatic carbocycles. The van der Waals surface area contributed by atoms with Gasteiger partial charge in [-0.05, 0) is 24.5 Å². The number of hydrogen-bond donors (Lipinski definition) is 3. The molecule has 2 aromatic heterocycles. The average Bonchev–Trinajstić information content (AvgIpc) is 3.41. The molecule has 29 heavy (non-hydrogen) atoms. The predicted molar refractivity (Wildman–Crippen MR) is 120 cm³/mol. The zero-order chi connectivity index (χ0) is 20.1. The van der Waals surface area contributed by atoms with E-state index in [0.717, 1.165) is 62.5 Å². The second-order valence-electron chi connectivity index (χ2n) is 7.62. The number of para-hydroxylation sites is 1. The van der Waals surface area contributed by atoms with Crippen molar-refractivity contribution in [1.29, 1.82) is 0 Å². The van der Waals surface area contributed by atoms with E-state index in [2.05, 4.69) is 56.8 Å². The molecular formula is C22H29N5OS. The van der Waals surface area contributed by atoms with E-state index in [-0.39, 0.29) is 11.9 Å². The van der Waals surface area contributed by atoms with Crippen LogP contribution >= 0.6 is 11.3 Å². The fourth-order valence-electron chi connectivity index (χ4n) is 3.87. The van der Waals surface area contributed by atoms with Crippen molar-refractivity contribution in [3.05, 3.63) is 47.1 Å². The topological polar surface area (TPSA) is 73.0 Å². The highest BCUT2D eigenvalue weighted by Gasteiger charge is 2.20. The van der Waals surface area contributed by atoms with Crippen molar-refractivity contribution >= 4 is 33.3 Å². The van der Waals surface area contributed by atoms with Crippen LogP contribution in [0.25, 0.3) is 10.9 Å². The van der Waals surface area contributed by atoms with Gasteiger partial charge in [0.2, 0.25) is 0 Å². The van der Waals surface area contributed by atoms with Gasteiger partial charge in [0.1, 0.15) is 4.88 Å². The van der Waals surface area contributed by atoms with Gasteiger partial charge in [-0.1, -0.05) is 49.3 Å². The number of aromatic nitrogens is 2. The molecule has 3 aromatic rings. The summed E-state index contributed by atoms with van der Waals surface area (Å²) in [4.78, 5) is 23.7. The van der Waals surface area contributed by atoms with Crippen LogP contribution in [0.1, 0.15) is 41.4 Å². The van der Waals surface area contributed by atoms with Crippen LogP contribution in [-0.4, -0.2) is 48.1 Å². The maximum absolute atomic E-state index is 12.9. The molecular weight excluding hydrogens is 382 g/mol. The Morgan fingerprint density at radius 1 is 1.31 bits per heavy atom. The molecule has 1 atom stereocenters. The lowest BCUT2D eigenvalue weighted by Crippen LogP contribution is -2.43. The summed E-state index contributed by atoms with van der Waals surface area (Å²) in [6.07, 6.45) is 7.82. The van der Waals surface area contributed by atoms with Gasteiger partial charge >= 0.3 is 0 Å². The molecule has 0 bridgehead atoms. The molecule has 0 radical (unpaired) electrons. The van der Waals surface area contributed by atoms with Crippen molar-refractivity contribution in [2.24, 2.45) is 0 Å². The van der Waals surface area contributed by atoms with Crippen molar-refractivity contribution < 1.29 is 4.79 Å². The number of piperazine rings is 1. The zero-order valence-corrected chi connectivity index (χ0v) is 17.7. The largest absolute Gasteiger partial charge is 0.361 e. The maximum Gasteiger partial charge on any atom is 0.263 e. The molecule has 154 valence electrons. The third kappa shape index (κ3) is 4.79. The van der Waals surface area contributed by atoms with Gasteiger partial charge in [0.15, 0.2) is 5.13 Å². The molecule has 0 unspecified atom stereocenters. The van der Waals surface area contributed by atoms with Gasteiger partial charge in [-0.25, -0.2) is 4.98 Å². The first-order valence-corrected chi connectivity index (χ1v) is 11.3. The van der Waals surface area contributed by atoms with E-state index in [1.165, 1.54) is 22.3 Å². The number of aromatic amines is 1. The summed E-state index contributed by atoms with van der Waals surface area (Å²) in [5, 5.41) is 8.80. The minimum Gasteiger partial charge on any atom is -0.361 e. The number of benzene rings is 1. The van der Waals surface area contributed by atoms with Crippen LogP contribution in [0.2, 0.25) is 0 Å². The monoisotopic (exact) mass is 411 g/mol. The zero-order valence-electron chi connectivity index (χ0n) is 16.9. The molecule has 0 aliphatic carbocycles. The molecule has 1 fully saturated rings. The summed E-state index contributed by atoms with van der Waals surface area (Å²) in [5.74, 6) is -0.00942. The van der Waals surface area contributed by atoms with Gasteiger partial charge in [-0.3, -0.25) is 4.79 Å². The fourth-order valence-corrected chi connectivity index (χ4v) is 4.74. The third-order valence-electron chi connectivity index (χ3n) is 5.49. The number of rotatable bonds is 8. The van der Waals surface area contributed by atoms with Gasteiger partial charge in [0, 0.05) is 49.3 Å². The average molecular weight is 412 g/mol. The van der Waals surface area contributed by atoms with Gasteiger partial charge in [-0.15, -0.1) is 0 Å². The SMILES string of the molecule is CCCC[C@H](Cc1c[nH]c2ccccc12)NC(=O)c1cnc(N2CCNCC2)s1.